The molecular formula is C17H20F3N3O3. The van der Waals surface area contributed by atoms with Crippen molar-refractivity contribution < 1.29 is 27.4 Å². The number of carbonyl (C=O) groups excluding carboxylic acids is 1. The fraction of sp³-hybridized carbons (Fsp3) is 0.412. The molecule has 0 saturated heterocycles. The first-order valence-electron chi connectivity index (χ1n) is 8.03. The molecule has 0 bridgehead atoms. The molecule has 1 amide bonds. The van der Waals surface area contributed by atoms with Gasteiger partial charge in [0.1, 0.15) is 12.4 Å². The summed E-state index contributed by atoms with van der Waals surface area (Å²) in [5.74, 6) is -0.507. The van der Waals surface area contributed by atoms with Gasteiger partial charge in [0.25, 0.3) is 5.91 Å². The molecule has 0 radical (unpaired) electrons. The quantitative estimate of drug-likeness (QED) is 0.695. The van der Waals surface area contributed by atoms with E-state index >= 15 is 0 Å². The number of rotatable bonds is 8. The third kappa shape index (κ3) is 5.22. The molecule has 1 heterocycles. The van der Waals surface area contributed by atoms with E-state index < -0.39 is 17.6 Å². The molecule has 0 aliphatic rings. The summed E-state index contributed by atoms with van der Waals surface area (Å²) in [5.41, 5.74) is -0.103. The highest BCUT2D eigenvalue weighted by atomic mass is 19.4. The molecule has 0 saturated carbocycles. The largest absolute Gasteiger partial charge is 0.489 e. The van der Waals surface area contributed by atoms with Gasteiger partial charge in [0.2, 0.25) is 0 Å². The Hall–Kier alpha value is -2.55. The number of alkyl halides is 3. The zero-order valence-electron chi connectivity index (χ0n) is 14.4. The maximum Gasteiger partial charge on any atom is 0.416 e. The van der Waals surface area contributed by atoms with Crippen molar-refractivity contribution in [1.82, 2.24) is 10.2 Å². The number of ether oxygens (including phenoxy) is 2. The second kappa shape index (κ2) is 8.70. The van der Waals surface area contributed by atoms with Crippen LogP contribution in [0.2, 0.25) is 0 Å². The van der Waals surface area contributed by atoms with Crippen LogP contribution in [0.25, 0.3) is 0 Å². The number of aromatic nitrogens is 2. The molecule has 142 valence electrons. The van der Waals surface area contributed by atoms with Gasteiger partial charge < -0.3 is 14.8 Å². The number of methoxy groups -OCH3 is 1. The van der Waals surface area contributed by atoms with Crippen LogP contribution in [0.4, 0.5) is 18.9 Å². The summed E-state index contributed by atoms with van der Waals surface area (Å²) >= 11 is 0. The Kier molecular flexibility index (Phi) is 6.62. The van der Waals surface area contributed by atoms with Crippen molar-refractivity contribution in [1.29, 1.82) is 0 Å². The number of aromatic amines is 1. The Morgan fingerprint density at radius 3 is 2.69 bits per heavy atom. The highest BCUT2D eigenvalue weighted by molar-refractivity contribution is 6.03. The van der Waals surface area contributed by atoms with Crippen LogP contribution in [0.3, 0.4) is 0 Å². The van der Waals surface area contributed by atoms with Crippen LogP contribution in [0.5, 0.6) is 5.75 Å². The number of nitrogens with zero attached hydrogens (tertiary/aromatic N) is 1. The highest BCUT2D eigenvalue weighted by Crippen LogP contribution is 2.35. The molecule has 1 aromatic heterocycles. The molecule has 9 heteroatoms. The molecule has 2 N–H and O–H groups in total. The lowest BCUT2D eigenvalue weighted by molar-refractivity contribution is -0.137. The van der Waals surface area contributed by atoms with Crippen molar-refractivity contribution >= 4 is 11.6 Å². The number of nitrogens with one attached hydrogen (secondary N) is 2. The van der Waals surface area contributed by atoms with Gasteiger partial charge in [0.15, 0.2) is 5.69 Å². The van der Waals surface area contributed by atoms with Crippen molar-refractivity contribution in [3.63, 3.8) is 0 Å². The maximum absolute atomic E-state index is 13.0. The number of anilines is 1. The lowest BCUT2D eigenvalue weighted by atomic mass is 10.1. The summed E-state index contributed by atoms with van der Waals surface area (Å²) in [4.78, 5) is 12.3. The van der Waals surface area contributed by atoms with Gasteiger partial charge in [-0.15, -0.1) is 0 Å². The third-order valence-electron chi connectivity index (χ3n) is 3.48. The lowest BCUT2D eigenvalue weighted by Crippen LogP contribution is -2.15. The first-order valence-corrected chi connectivity index (χ1v) is 8.03. The highest BCUT2D eigenvalue weighted by Gasteiger charge is 2.31. The van der Waals surface area contributed by atoms with Gasteiger partial charge in [-0.1, -0.05) is 13.3 Å². The smallest absolute Gasteiger partial charge is 0.416 e. The summed E-state index contributed by atoms with van der Waals surface area (Å²) in [6, 6.07) is 4.46. The Balaban J connectivity index is 2.23. The van der Waals surface area contributed by atoms with E-state index in [0.29, 0.717) is 0 Å². The van der Waals surface area contributed by atoms with Crippen LogP contribution in [-0.4, -0.2) is 36.4 Å². The van der Waals surface area contributed by atoms with Crippen LogP contribution in [0.15, 0.2) is 24.3 Å². The normalized spacial score (nSPS) is 11.4. The van der Waals surface area contributed by atoms with Crippen LogP contribution in [0.1, 0.15) is 35.1 Å². The zero-order valence-corrected chi connectivity index (χ0v) is 14.4. The van der Waals surface area contributed by atoms with Crippen molar-refractivity contribution in [3.05, 3.63) is 41.2 Å². The molecule has 1 aromatic carbocycles. The minimum atomic E-state index is -4.54. The number of H-pyrrole nitrogens is 1. The van der Waals surface area contributed by atoms with Gasteiger partial charge in [-0.3, -0.25) is 9.89 Å². The van der Waals surface area contributed by atoms with Gasteiger partial charge >= 0.3 is 6.18 Å². The van der Waals surface area contributed by atoms with Gasteiger partial charge in [-0.2, -0.15) is 18.3 Å². The number of benzene rings is 1. The van der Waals surface area contributed by atoms with Crippen molar-refractivity contribution in [2.45, 2.75) is 25.9 Å². The van der Waals surface area contributed by atoms with Crippen LogP contribution in [0, 0.1) is 0 Å². The summed E-state index contributed by atoms with van der Waals surface area (Å²) in [5, 5.41) is 9.05. The number of amides is 1. The second-order valence-corrected chi connectivity index (χ2v) is 5.53. The number of aryl methyl sites for hydroxylation is 1. The van der Waals surface area contributed by atoms with Crippen molar-refractivity contribution in [3.8, 4) is 5.75 Å². The maximum atomic E-state index is 13.0. The minimum Gasteiger partial charge on any atom is -0.489 e. The summed E-state index contributed by atoms with van der Waals surface area (Å²) in [7, 11) is 1.48. The Bertz CT molecular complexity index is 744. The molecule has 2 aromatic rings. The number of carbonyl (C=O) groups is 1. The fourth-order valence-electron chi connectivity index (χ4n) is 2.23. The Morgan fingerprint density at radius 1 is 1.27 bits per heavy atom. The average Bonchev–Trinajstić information content (AvgIpc) is 3.04. The molecule has 0 fully saturated rings. The van der Waals surface area contributed by atoms with E-state index in [0.717, 1.165) is 30.7 Å². The van der Waals surface area contributed by atoms with E-state index in [2.05, 4.69) is 15.5 Å². The van der Waals surface area contributed by atoms with Crippen LogP contribution >= 0.6 is 0 Å². The molecular weight excluding hydrogens is 351 g/mol. The standard InChI is InChI=1S/C17H20F3N3O3/c1-3-4-12-10-14(23-22-12)16(24)21-13-9-11(17(18,19)20)5-6-15(13)26-8-7-25-2/h5-6,9-10H,3-4,7-8H2,1-2H3,(H,21,24)(H,22,23). The topological polar surface area (TPSA) is 76.2 Å². The minimum absolute atomic E-state index is 0.0824. The van der Waals surface area contributed by atoms with Gasteiger partial charge in [0, 0.05) is 12.8 Å². The summed E-state index contributed by atoms with van der Waals surface area (Å²) < 4.78 is 49.1. The predicted molar refractivity (Wildman–Crippen MR) is 89.4 cm³/mol. The van der Waals surface area contributed by atoms with E-state index in [1.807, 2.05) is 6.92 Å². The van der Waals surface area contributed by atoms with E-state index in [9.17, 15) is 18.0 Å². The molecule has 0 spiro atoms. The van der Waals surface area contributed by atoms with Gasteiger partial charge in [0.05, 0.1) is 17.9 Å². The summed E-state index contributed by atoms with van der Waals surface area (Å²) in [6.07, 6.45) is -2.95. The van der Waals surface area contributed by atoms with Gasteiger partial charge in [-0.05, 0) is 30.7 Å². The van der Waals surface area contributed by atoms with Crippen LogP contribution in [-0.2, 0) is 17.3 Å². The molecule has 0 atom stereocenters. The molecule has 0 aliphatic carbocycles. The first kappa shape index (κ1) is 19.8. The lowest BCUT2D eigenvalue weighted by Gasteiger charge is -2.15. The molecule has 26 heavy (non-hydrogen) atoms. The number of hydrogen-bond acceptors (Lipinski definition) is 4. The fourth-order valence-corrected chi connectivity index (χ4v) is 2.23. The third-order valence-corrected chi connectivity index (χ3v) is 3.48. The van der Waals surface area contributed by atoms with E-state index in [1.165, 1.54) is 13.2 Å². The predicted octanol–water partition coefficient (Wildman–Crippen LogP) is 3.66. The van der Waals surface area contributed by atoms with Gasteiger partial charge in [-0.25, -0.2) is 0 Å². The number of hydrogen-bond donors (Lipinski definition) is 2. The Morgan fingerprint density at radius 2 is 2.04 bits per heavy atom. The molecule has 0 aliphatic heterocycles. The molecule has 0 unspecified atom stereocenters. The van der Waals surface area contributed by atoms with Crippen molar-refractivity contribution in [2.75, 3.05) is 25.6 Å². The van der Waals surface area contributed by atoms with E-state index in [4.69, 9.17) is 9.47 Å². The molecule has 6 nitrogen and oxygen atoms in total. The SMILES string of the molecule is CCCc1cc(C(=O)Nc2cc(C(F)(F)F)ccc2OCCOC)n[nH]1. The Labute approximate surface area is 148 Å². The second-order valence-electron chi connectivity index (χ2n) is 5.53. The van der Waals surface area contributed by atoms with E-state index in [1.54, 1.807) is 6.07 Å². The molecule has 2 rings (SSSR count). The average molecular weight is 371 g/mol. The zero-order chi connectivity index (χ0) is 19.2. The summed E-state index contributed by atoms with van der Waals surface area (Å²) in [6.45, 7) is 2.37. The van der Waals surface area contributed by atoms with Crippen LogP contribution < -0.4 is 10.1 Å². The van der Waals surface area contributed by atoms with E-state index in [-0.39, 0.29) is 30.3 Å². The van der Waals surface area contributed by atoms with Crippen molar-refractivity contribution in [2.24, 2.45) is 0 Å². The monoisotopic (exact) mass is 371 g/mol. The number of halogens is 3. The first-order chi connectivity index (χ1) is 12.3.